The molecule has 0 aliphatic carbocycles. The van der Waals surface area contributed by atoms with Gasteiger partial charge in [0.25, 0.3) is 0 Å². The van der Waals surface area contributed by atoms with E-state index in [1.165, 1.54) is 29.2 Å². The van der Waals surface area contributed by atoms with Crippen LogP contribution >= 0.6 is 11.8 Å². The normalized spacial score (nSPS) is 11.8. The molecule has 33 heavy (non-hydrogen) atoms. The number of aromatic amines is 1. The van der Waals surface area contributed by atoms with Crippen LogP contribution in [0.4, 0.5) is 5.82 Å². The van der Waals surface area contributed by atoms with Gasteiger partial charge in [0.2, 0.25) is 5.91 Å². The standard InChI is InChI=1S/C23H25N7O2S/c1-15-4-6-17(7-5-15)10-16(2)32-19-11-18(12-21(31)27-20-8-9-30(3)29-20)26-22(13-19)33-23-24-14-25-28-23/h4-9,11,13-14,16H,10,12H2,1-3H3,(H,24,25,28)(H,27,29,31)/t16-/m0/s1. The van der Waals surface area contributed by atoms with E-state index >= 15 is 0 Å². The second kappa shape index (κ2) is 10.3. The predicted molar refractivity (Wildman–Crippen MR) is 125 cm³/mol. The molecule has 10 heteroatoms. The summed E-state index contributed by atoms with van der Waals surface area (Å²) in [4.78, 5) is 21.3. The van der Waals surface area contributed by atoms with E-state index in [0.717, 1.165) is 6.42 Å². The molecule has 1 aromatic carbocycles. The average Bonchev–Trinajstić information content (AvgIpc) is 3.41. The summed E-state index contributed by atoms with van der Waals surface area (Å²) in [5.74, 6) is 0.937. The van der Waals surface area contributed by atoms with E-state index in [0.29, 0.717) is 27.4 Å². The molecule has 0 spiro atoms. The first-order chi connectivity index (χ1) is 15.9. The number of amides is 1. The van der Waals surface area contributed by atoms with E-state index in [4.69, 9.17) is 4.74 Å². The fraction of sp³-hybridized carbons (Fsp3) is 0.261. The van der Waals surface area contributed by atoms with Crippen molar-refractivity contribution in [3.05, 3.63) is 71.8 Å². The summed E-state index contributed by atoms with van der Waals surface area (Å²) < 4.78 is 7.83. The maximum Gasteiger partial charge on any atom is 0.231 e. The van der Waals surface area contributed by atoms with Gasteiger partial charge in [-0.05, 0) is 31.2 Å². The topological polar surface area (TPSA) is 111 Å². The highest BCUT2D eigenvalue weighted by Gasteiger charge is 2.14. The minimum atomic E-state index is -0.207. The van der Waals surface area contributed by atoms with Crippen LogP contribution in [0.5, 0.6) is 5.75 Å². The van der Waals surface area contributed by atoms with Crippen LogP contribution in [-0.4, -0.2) is 42.0 Å². The number of aromatic nitrogens is 6. The summed E-state index contributed by atoms with van der Waals surface area (Å²) in [5.41, 5.74) is 3.02. The number of anilines is 1. The van der Waals surface area contributed by atoms with Crippen molar-refractivity contribution in [3.63, 3.8) is 0 Å². The van der Waals surface area contributed by atoms with Crippen LogP contribution in [0.3, 0.4) is 0 Å². The number of ether oxygens (including phenoxy) is 1. The second-order valence-corrected chi connectivity index (χ2v) is 8.75. The molecule has 170 valence electrons. The van der Waals surface area contributed by atoms with Crippen LogP contribution in [0.25, 0.3) is 0 Å². The Bertz CT molecular complexity index is 1210. The number of H-pyrrole nitrogens is 1. The summed E-state index contributed by atoms with van der Waals surface area (Å²) in [6, 6.07) is 13.8. The van der Waals surface area contributed by atoms with Crippen LogP contribution in [0, 0.1) is 6.92 Å². The maximum absolute atomic E-state index is 12.5. The van der Waals surface area contributed by atoms with Gasteiger partial charge in [0.15, 0.2) is 11.0 Å². The Kier molecular flexibility index (Phi) is 7.04. The lowest BCUT2D eigenvalue weighted by Crippen LogP contribution is -2.17. The number of pyridine rings is 1. The molecule has 4 aromatic rings. The fourth-order valence-electron chi connectivity index (χ4n) is 3.25. The molecule has 0 aliphatic rings. The van der Waals surface area contributed by atoms with E-state index in [9.17, 15) is 4.79 Å². The molecular weight excluding hydrogens is 438 g/mol. The van der Waals surface area contributed by atoms with E-state index < -0.39 is 0 Å². The first-order valence-corrected chi connectivity index (χ1v) is 11.3. The summed E-state index contributed by atoms with van der Waals surface area (Å²) in [7, 11) is 1.79. The molecule has 1 atom stereocenters. The average molecular weight is 464 g/mol. The molecular formula is C23H25N7O2S. The number of carbonyl (C=O) groups excluding carboxylic acids is 1. The van der Waals surface area contributed by atoms with Crippen molar-refractivity contribution in [2.24, 2.45) is 7.05 Å². The van der Waals surface area contributed by atoms with Gasteiger partial charge in [0, 0.05) is 37.9 Å². The number of rotatable bonds is 9. The Morgan fingerprint density at radius 1 is 1.24 bits per heavy atom. The molecule has 0 unspecified atom stereocenters. The minimum Gasteiger partial charge on any atom is -0.490 e. The zero-order valence-corrected chi connectivity index (χ0v) is 19.5. The number of nitrogens with zero attached hydrogens (tertiary/aromatic N) is 5. The van der Waals surface area contributed by atoms with Crippen LogP contribution in [0.1, 0.15) is 23.7 Å². The second-order valence-electron chi connectivity index (χ2n) is 7.74. The maximum atomic E-state index is 12.5. The Labute approximate surface area is 196 Å². The van der Waals surface area contributed by atoms with Crippen LogP contribution in [0.2, 0.25) is 0 Å². The van der Waals surface area contributed by atoms with E-state index in [2.05, 4.69) is 61.8 Å². The van der Waals surface area contributed by atoms with Gasteiger partial charge in [-0.15, -0.1) is 0 Å². The van der Waals surface area contributed by atoms with Crippen molar-refractivity contribution in [2.75, 3.05) is 5.32 Å². The Hall–Kier alpha value is -3.66. The summed E-state index contributed by atoms with van der Waals surface area (Å²) >= 11 is 1.32. The Balaban J connectivity index is 1.49. The molecule has 0 saturated carbocycles. The summed E-state index contributed by atoms with van der Waals surface area (Å²) in [6.07, 6.45) is 4.00. The molecule has 1 amide bonds. The number of hydrogen-bond acceptors (Lipinski definition) is 7. The Morgan fingerprint density at radius 3 is 2.76 bits per heavy atom. The number of aryl methyl sites for hydroxylation is 2. The van der Waals surface area contributed by atoms with Crippen molar-refractivity contribution in [1.82, 2.24) is 29.9 Å². The van der Waals surface area contributed by atoms with Gasteiger partial charge in [-0.3, -0.25) is 14.6 Å². The number of hydrogen-bond donors (Lipinski definition) is 2. The highest BCUT2D eigenvalue weighted by atomic mass is 32.2. The largest absolute Gasteiger partial charge is 0.490 e. The van der Waals surface area contributed by atoms with Crippen molar-refractivity contribution in [1.29, 1.82) is 0 Å². The van der Waals surface area contributed by atoms with Gasteiger partial charge >= 0.3 is 0 Å². The van der Waals surface area contributed by atoms with Gasteiger partial charge in [0.05, 0.1) is 18.2 Å². The molecule has 3 heterocycles. The van der Waals surface area contributed by atoms with E-state index in [1.54, 1.807) is 30.1 Å². The molecule has 0 aliphatic heterocycles. The van der Waals surface area contributed by atoms with Crippen molar-refractivity contribution < 1.29 is 9.53 Å². The van der Waals surface area contributed by atoms with Crippen molar-refractivity contribution in [3.8, 4) is 5.75 Å². The lowest BCUT2D eigenvalue weighted by molar-refractivity contribution is -0.115. The predicted octanol–water partition coefficient (Wildman–Crippen LogP) is 3.58. The third kappa shape index (κ3) is 6.66. The van der Waals surface area contributed by atoms with Gasteiger partial charge in [-0.2, -0.15) is 10.2 Å². The number of carbonyl (C=O) groups is 1. The first kappa shape index (κ1) is 22.5. The quantitative estimate of drug-likeness (QED) is 0.390. The van der Waals surface area contributed by atoms with Gasteiger partial charge in [-0.1, -0.05) is 29.8 Å². The van der Waals surface area contributed by atoms with Gasteiger partial charge in [-0.25, -0.2) is 9.97 Å². The summed E-state index contributed by atoms with van der Waals surface area (Å²) in [5, 5.41) is 14.9. The molecule has 0 radical (unpaired) electrons. The molecule has 3 aromatic heterocycles. The third-order valence-electron chi connectivity index (χ3n) is 4.73. The lowest BCUT2D eigenvalue weighted by Gasteiger charge is -2.16. The van der Waals surface area contributed by atoms with E-state index in [-0.39, 0.29) is 18.4 Å². The summed E-state index contributed by atoms with van der Waals surface area (Å²) in [6.45, 7) is 4.09. The van der Waals surface area contributed by atoms with Gasteiger partial charge < -0.3 is 10.1 Å². The number of nitrogens with one attached hydrogen (secondary N) is 2. The number of benzene rings is 1. The molecule has 0 bridgehead atoms. The molecule has 9 nitrogen and oxygen atoms in total. The van der Waals surface area contributed by atoms with Crippen LogP contribution in [-0.2, 0) is 24.7 Å². The highest BCUT2D eigenvalue weighted by Crippen LogP contribution is 2.27. The van der Waals surface area contributed by atoms with Crippen LogP contribution < -0.4 is 10.1 Å². The molecule has 0 saturated heterocycles. The molecule has 0 fully saturated rings. The van der Waals surface area contributed by atoms with Crippen molar-refractivity contribution in [2.45, 2.75) is 43.0 Å². The van der Waals surface area contributed by atoms with Gasteiger partial charge in [0.1, 0.15) is 17.1 Å². The smallest absolute Gasteiger partial charge is 0.231 e. The highest BCUT2D eigenvalue weighted by molar-refractivity contribution is 7.99. The van der Waals surface area contributed by atoms with Crippen molar-refractivity contribution >= 4 is 23.5 Å². The Morgan fingerprint density at radius 2 is 2.06 bits per heavy atom. The zero-order valence-electron chi connectivity index (χ0n) is 18.6. The third-order valence-corrected chi connectivity index (χ3v) is 5.53. The van der Waals surface area contributed by atoms with Crippen LogP contribution in [0.15, 0.2) is 65.2 Å². The van der Waals surface area contributed by atoms with E-state index in [1.807, 2.05) is 13.0 Å². The SMILES string of the molecule is Cc1ccc(C[C@H](C)Oc2cc(CC(=O)Nc3ccn(C)n3)nc(Sc3ncn[nH]3)c2)cc1. The first-order valence-electron chi connectivity index (χ1n) is 10.5. The minimum absolute atomic E-state index is 0.0616. The monoisotopic (exact) mass is 463 g/mol. The molecule has 2 N–H and O–H groups in total. The zero-order chi connectivity index (χ0) is 23.2. The lowest BCUT2D eigenvalue weighted by atomic mass is 10.1. The molecule has 4 rings (SSSR count). The fourth-order valence-corrected chi connectivity index (χ4v) is 3.98.